The molecule has 1 fully saturated rings. The molecule has 0 aromatic heterocycles. The van der Waals surface area contributed by atoms with E-state index in [1.54, 1.807) is 0 Å². The number of carbonyl (C=O) groups is 2. The van der Waals surface area contributed by atoms with Crippen LogP contribution in [0.25, 0.3) is 0 Å². The number of anilines is 1. The maximum atomic E-state index is 12.8. The quantitative estimate of drug-likeness (QED) is 0.412. The highest BCUT2D eigenvalue weighted by atomic mass is 16.6. The van der Waals surface area contributed by atoms with Gasteiger partial charge in [-0.3, -0.25) is 0 Å². The number of benzene rings is 2. The highest BCUT2D eigenvalue weighted by Gasteiger charge is 2.22. The van der Waals surface area contributed by atoms with Crippen molar-refractivity contribution in [3.05, 3.63) is 59.2 Å². The standard InChI is InChI=1S/C29H39NO5/c1-29(2,3)35-28(32)23-16-15-22(17-21-11-7-6-8-12-21)25(18-23)30(4)19-24-13-9-10-14-26(24)34-20-27(31)33-5/h9-10,13-16,18,21H,6-8,11-12,17,19-20H2,1-5H3. The molecule has 6 heteroatoms. The molecule has 0 saturated heterocycles. The molecule has 2 aromatic rings. The highest BCUT2D eigenvalue weighted by molar-refractivity contribution is 5.91. The van der Waals surface area contributed by atoms with Crippen LogP contribution in [0.1, 0.15) is 74.4 Å². The van der Waals surface area contributed by atoms with Gasteiger partial charge in [-0.15, -0.1) is 0 Å². The van der Waals surface area contributed by atoms with Crippen molar-refractivity contribution in [2.75, 3.05) is 25.7 Å². The van der Waals surface area contributed by atoms with Gasteiger partial charge in [0, 0.05) is 24.8 Å². The Labute approximate surface area is 209 Å². The fraction of sp³-hybridized carbons (Fsp3) is 0.517. The number of nitrogens with zero attached hydrogens (tertiary/aromatic N) is 1. The third-order valence-electron chi connectivity index (χ3n) is 6.32. The van der Waals surface area contributed by atoms with Gasteiger partial charge in [0.05, 0.1) is 12.7 Å². The second-order valence-corrected chi connectivity index (χ2v) is 10.4. The Morgan fingerprint density at radius 3 is 2.40 bits per heavy atom. The monoisotopic (exact) mass is 481 g/mol. The normalized spacial score (nSPS) is 14.3. The van der Waals surface area contributed by atoms with Gasteiger partial charge in [0.2, 0.25) is 0 Å². The van der Waals surface area contributed by atoms with E-state index < -0.39 is 11.6 Å². The SMILES string of the molecule is COC(=O)COc1ccccc1CN(C)c1cc(C(=O)OC(C)(C)C)ccc1CC1CCCCC1. The number of hydrogen-bond acceptors (Lipinski definition) is 6. The number of esters is 2. The first-order valence-electron chi connectivity index (χ1n) is 12.5. The minimum absolute atomic E-state index is 0.141. The summed E-state index contributed by atoms with van der Waals surface area (Å²) in [5.41, 5.74) is 3.19. The predicted octanol–water partition coefficient (Wildman–Crippen LogP) is 5.95. The zero-order valence-corrected chi connectivity index (χ0v) is 21.8. The molecule has 190 valence electrons. The van der Waals surface area contributed by atoms with Crippen LogP contribution in [0.4, 0.5) is 5.69 Å². The summed E-state index contributed by atoms with van der Waals surface area (Å²) in [5, 5.41) is 0. The van der Waals surface area contributed by atoms with Crippen LogP contribution < -0.4 is 9.64 Å². The lowest BCUT2D eigenvalue weighted by Gasteiger charge is -2.28. The average molecular weight is 482 g/mol. The summed E-state index contributed by atoms with van der Waals surface area (Å²) in [7, 11) is 3.37. The number of rotatable bonds is 9. The van der Waals surface area contributed by atoms with E-state index in [1.807, 2.05) is 64.2 Å². The van der Waals surface area contributed by atoms with Crippen molar-refractivity contribution >= 4 is 17.6 Å². The van der Waals surface area contributed by atoms with Crippen molar-refractivity contribution in [3.63, 3.8) is 0 Å². The van der Waals surface area contributed by atoms with E-state index in [9.17, 15) is 9.59 Å². The minimum Gasteiger partial charge on any atom is -0.482 e. The van der Waals surface area contributed by atoms with E-state index in [0.29, 0.717) is 23.8 Å². The first kappa shape index (κ1) is 26.6. The lowest BCUT2D eigenvalue weighted by Crippen LogP contribution is -2.25. The summed E-state index contributed by atoms with van der Waals surface area (Å²) in [6.45, 7) is 6.05. The zero-order chi connectivity index (χ0) is 25.4. The van der Waals surface area contributed by atoms with E-state index >= 15 is 0 Å². The van der Waals surface area contributed by atoms with Crippen LogP contribution in [0.5, 0.6) is 5.75 Å². The van der Waals surface area contributed by atoms with Gasteiger partial charge in [-0.2, -0.15) is 0 Å². The summed E-state index contributed by atoms with van der Waals surface area (Å²) in [4.78, 5) is 26.5. The van der Waals surface area contributed by atoms with Crippen molar-refractivity contribution < 1.29 is 23.8 Å². The summed E-state index contributed by atoms with van der Waals surface area (Å²) in [6.07, 6.45) is 7.40. The van der Waals surface area contributed by atoms with Gasteiger partial charge in [-0.05, 0) is 56.9 Å². The smallest absolute Gasteiger partial charge is 0.343 e. The summed E-state index contributed by atoms with van der Waals surface area (Å²) in [6, 6.07) is 13.6. The van der Waals surface area contributed by atoms with Gasteiger partial charge in [-0.1, -0.05) is 56.4 Å². The highest BCUT2D eigenvalue weighted by Crippen LogP contribution is 2.33. The van der Waals surface area contributed by atoms with Gasteiger partial charge < -0.3 is 19.1 Å². The number of hydrogen-bond donors (Lipinski definition) is 0. The van der Waals surface area contributed by atoms with Crippen LogP contribution >= 0.6 is 0 Å². The molecule has 0 heterocycles. The maximum Gasteiger partial charge on any atom is 0.343 e. The Balaban J connectivity index is 1.87. The Hall–Kier alpha value is -3.02. The number of ether oxygens (including phenoxy) is 3. The van der Waals surface area contributed by atoms with Crippen molar-refractivity contribution in [3.8, 4) is 5.75 Å². The summed E-state index contributed by atoms with van der Waals surface area (Å²) >= 11 is 0. The summed E-state index contributed by atoms with van der Waals surface area (Å²) in [5.74, 6) is 0.562. The molecule has 1 aliphatic rings. The van der Waals surface area contributed by atoms with Crippen LogP contribution in [0, 0.1) is 5.92 Å². The first-order valence-corrected chi connectivity index (χ1v) is 12.5. The molecule has 6 nitrogen and oxygen atoms in total. The van der Waals surface area contributed by atoms with Crippen LogP contribution in [0.3, 0.4) is 0 Å². The van der Waals surface area contributed by atoms with Crippen molar-refractivity contribution in [2.24, 2.45) is 5.92 Å². The van der Waals surface area contributed by atoms with Crippen molar-refractivity contribution in [1.29, 1.82) is 0 Å². The molecule has 0 unspecified atom stereocenters. The molecule has 0 bridgehead atoms. The molecule has 0 aliphatic heterocycles. The van der Waals surface area contributed by atoms with E-state index in [2.05, 4.69) is 11.0 Å². The zero-order valence-electron chi connectivity index (χ0n) is 21.8. The predicted molar refractivity (Wildman–Crippen MR) is 138 cm³/mol. The van der Waals surface area contributed by atoms with Gasteiger partial charge in [0.15, 0.2) is 6.61 Å². The minimum atomic E-state index is -0.556. The lowest BCUT2D eigenvalue weighted by molar-refractivity contribution is -0.142. The summed E-state index contributed by atoms with van der Waals surface area (Å²) < 4.78 is 16.1. The van der Waals surface area contributed by atoms with E-state index in [4.69, 9.17) is 14.2 Å². The largest absolute Gasteiger partial charge is 0.482 e. The van der Waals surface area contributed by atoms with Gasteiger partial charge in [0.1, 0.15) is 11.4 Å². The molecule has 35 heavy (non-hydrogen) atoms. The topological polar surface area (TPSA) is 65.1 Å². The van der Waals surface area contributed by atoms with E-state index in [0.717, 1.165) is 17.7 Å². The molecule has 0 amide bonds. The average Bonchev–Trinajstić information content (AvgIpc) is 2.83. The Kier molecular flexibility index (Phi) is 9.19. The van der Waals surface area contributed by atoms with Gasteiger partial charge in [0.25, 0.3) is 0 Å². The van der Waals surface area contributed by atoms with Crippen LogP contribution in [-0.4, -0.2) is 38.3 Å². The second-order valence-electron chi connectivity index (χ2n) is 10.4. The van der Waals surface area contributed by atoms with Crippen molar-refractivity contribution in [2.45, 2.75) is 71.4 Å². The molecule has 1 saturated carbocycles. The Bertz CT molecular complexity index is 1000. The van der Waals surface area contributed by atoms with Crippen molar-refractivity contribution in [1.82, 2.24) is 0 Å². The Morgan fingerprint density at radius 2 is 1.71 bits per heavy atom. The van der Waals surface area contributed by atoms with Crippen LogP contribution in [0.15, 0.2) is 42.5 Å². The lowest BCUT2D eigenvalue weighted by atomic mass is 9.84. The third-order valence-corrected chi connectivity index (χ3v) is 6.32. The second kappa shape index (κ2) is 12.1. The third kappa shape index (κ3) is 8.01. The Morgan fingerprint density at radius 1 is 1.00 bits per heavy atom. The van der Waals surface area contributed by atoms with Gasteiger partial charge in [-0.25, -0.2) is 9.59 Å². The number of methoxy groups -OCH3 is 1. The maximum absolute atomic E-state index is 12.8. The molecule has 0 radical (unpaired) electrons. The van der Waals surface area contributed by atoms with Crippen LogP contribution in [0.2, 0.25) is 0 Å². The molecule has 2 aromatic carbocycles. The molecule has 3 rings (SSSR count). The molecule has 0 atom stereocenters. The van der Waals surface area contributed by atoms with Gasteiger partial charge >= 0.3 is 11.9 Å². The molecular formula is C29H39NO5. The molecule has 0 N–H and O–H groups in total. The number of carbonyl (C=O) groups excluding carboxylic acids is 2. The van der Waals surface area contributed by atoms with E-state index in [1.165, 1.54) is 44.8 Å². The molecular weight excluding hydrogens is 442 g/mol. The molecule has 1 aliphatic carbocycles. The fourth-order valence-corrected chi connectivity index (χ4v) is 4.57. The first-order chi connectivity index (χ1) is 16.7. The van der Waals surface area contributed by atoms with Crippen LogP contribution in [-0.2, 0) is 27.2 Å². The van der Waals surface area contributed by atoms with E-state index in [-0.39, 0.29) is 12.6 Å². The molecule has 0 spiro atoms. The fourth-order valence-electron chi connectivity index (χ4n) is 4.57. The number of para-hydroxylation sites is 1.